The summed E-state index contributed by atoms with van der Waals surface area (Å²) in [5.41, 5.74) is 1.04. The maximum Gasteiger partial charge on any atom is 0.254 e. The lowest BCUT2D eigenvalue weighted by Gasteiger charge is -2.34. The second-order valence-electron chi connectivity index (χ2n) is 7.72. The summed E-state index contributed by atoms with van der Waals surface area (Å²) in [6.45, 7) is 3.70. The van der Waals surface area contributed by atoms with Crippen molar-refractivity contribution in [2.75, 3.05) is 39.3 Å². The molecule has 2 saturated heterocycles. The molecule has 3 heterocycles. The number of amides is 1. The Morgan fingerprint density at radius 1 is 0.871 bits per heavy atom. The molecule has 31 heavy (non-hydrogen) atoms. The van der Waals surface area contributed by atoms with Gasteiger partial charge < -0.3 is 4.90 Å². The van der Waals surface area contributed by atoms with E-state index >= 15 is 0 Å². The molecule has 0 aliphatic carbocycles. The molecule has 2 fully saturated rings. The highest BCUT2D eigenvalue weighted by atomic mass is 32.2. The fraction of sp³-hybridized carbons (Fsp3) is 0.450. The third-order valence-corrected chi connectivity index (χ3v) is 10.9. The predicted octanol–water partition coefficient (Wildman–Crippen LogP) is 1.99. The molecule has 8 nitrogen and oxygen atoms in total. The van der Waals surface area contributed by atoms with Crippen molar-refractivity contribution >= 4 is 37.3 Å². The smallest absolute Gasteiger partial charge is 0.254 e. The summed E-state index contributed by atoms with van der Waals surface area (Å²) in [4.78, 5) is 14.9. The first-order valence-electron chi connectivity index (χ1n) is 10.1. The van der Waals surface area contributed by atoms with E-state index in [1.54, 1.807) is 41.5 Å². The molecule has 0 bridgehead atoms. The lowest BCUT2D eigenvalue weighted by molar-refractivity contribution is 0.0697. The van der Waals surface area contributed by atoms with Crippen molar-refractivity contribution in [3.05, 3.63) is 46.8 Å². The van der Waals surface area contributed by atoms with Crippen LogP contribution in [-0.4, -0.2) is 75.5 Å². The number of carbonyl (C=O) groups excluding carboxylic acids is 1. The van der Waals surface area contributed by atoms with Crippen molar-refractivity contribution in [2.24, 2.45) is 0 Å². The van der Waals surface area contributed by atoms with Gasteiger partial charge in [0.05, 0.1) is 4.90 Å². The molecule has 0 atom stereocenters. The molecular formula is C20H25N3O5S3. The number of benzene rings is 1. The van der Waals surface area contributed by atoms with Gasteiger partial charge in [-0.25, -0.2) is 16.8 Å². The molecule has 0 saturated carbocycles. The van der Waals surface area contributed by atoms with Crippen molar-refractivity contribution < 1.29 is 21.6 Å². The van der Waals surface area contributed by atoms with Gasteiger partial charge in [-0.1, -0.05) is 12.1 Å². The number of aryl methyl sites for hydroxylation is 1. The molecule has 4 rings (SSSR count). The normalized spacial score (nSPS) is 19.1. The summed E-state index contributed by atoms with van der Waals surface area (Å²) in [6, 6.07) is 7.94. The minimum atomic E-state index is -3.62. The zero-order valence-corrected chi connectivity index (χ0v) is 19.7. The maximum atomic E-state index is 13.2. The van der Waals surface area contributed by atoms with Crippen LogP contribution in [0.3, 0.4) is 0 Å². The lowest BCUT2D eigenvalue weighted by Crippen LogP contribution is -2.50. The van der Waals surface area contributed by atoms with Crippen LogP contribution in [0.2, 0.25) is 0 Å². The molecule has 0 unspecified atom stereocenters. The van der Waals surface area contributed by atoms with E-state index in [0.29, 0.717) is 28.4 Å². The zero-order valence-electron chi connectivity index (χ0n) is 17.2. The van der Waals surface area contributed by atoms with Crippen molar-refractivity contribution in [3.63, 3.8) is 0 Å². The summed E-state index contributed by atoms with van der Waals surface area (Å²) >= 11 is 1.17. The Morgan fingerprint density at radius 2 is 1.52 bits per heavy atom. The number of carbonyl (C=O) groups is 1. The molecule has 11 heteroatoms. The fourth-order valence-corrected chi connectivity index (χ4v) is 8.02. The number of rotatable bonds is 5. The quantitative estimate of drug-likeness (QED) is 0.648. The number of piperazine rings is 1. The third kappa shape index (κ3) is 4.29. The lowest BCUT2D eigenvalue weighted by atomic mass is 10.1. The van der Waals surface area contributed by atoms with Crippen LogP contribution in [-0.2, 0) is 20.0 Å². The molecule has 1 amide bonds. The van der Waals surface area contributed by atoms with Crippen LogP contribution in [0.1, 0.15) is 28.8 Å². The molecule has 2 aromatic rings. The van der Waals surface area contributed by atoms with E-state index in [1.807, 2.05) is 0 Å². The number of sulfonamides is 2. The van der Waals surface area contributed by atoms with Crippen LogP contribution in [0.25, 0.3) is 0 Å². The first-order valence-corrected chi connectivity index (χ1v) is 13.9. The van der Waals surface area contributed by atoms with Crippen LogP contribution in [0.15, 0.2) is 44.8 Å². The van der Waals surface area contributed by atoms with Crippen molar-refractivity contribution in [1.29, 1.82) is 0 Å². The molecule has 1 aromatic carbocycles. The first-order chi connectivity index (χ1) is 14.7. The predicted molar refractivity (Wildman–Crippen MR) is 118 cm³/mol. The van der Waals surface area contributed by atoms with Gasteiger partial charge in [0, 0.05) is 44.8 Å². The summed E-state index contributed by atoms with van der Waals surface area (Å²) in [6.07, 6.45) is 1.69. The van der Waals surface area contributed by atoms with Gasteiger partial charge in [-0.2, -0.15) is 8.61 Å². The molecule has 0 spiro atoms. The minimum absolute atomic E-state index is 0.127. The molecule has 168 valence electrons. The summed E-state index contributed by atoms with van der Waals surface area (Å²) in [5.74, 6) is -0.274. The molecule has 2 aliphatic rings. The van der Waals surface area contributed by atoms with E-state index < -0.39 is 20.0 Å². The first kappa shape index (κ1) is 22.4. The molecule has 0 N–H and O–H groups in total. The maximum absolute atomic E-state index is 13.2. The minimum Gasteiger partial charge on any atom is -0.336 e. The summed E-state index contributed by atoms with van der Waals surface area (Å²) in [5, 5.41) is 1.72. The average molecular weight is 484 g/mol. The Bertz CT molecular complexity index is 1160. The average Bonchev–Trinajstić information content (AvgIpc) is 3.48. The monoisotopic (exact) mass is 483 g/mol. The fourth-order valence-electron chi connectivity index (χ4n) is 3.91. The highest BCUT2D eigenvalue weighted by Crippen LogP contribution is 2.25. The Labute approximate surface area is 187 Å². The van der Waals surface area contributed by atoms with Gasteiger partial charge in [0.2, 0.25) is 10.0 Å². The molecule has 1 aromatic heterocycles. The zero-order chi connectivity index (χ0) is 22.2. The van der Waals surface area contributed by atoms with E-state index in [-0.39, 0.29) is 37.0 Å². The topological polar surface area (TPSA) is 95.1 Å². The Hall–Kier alpha value is -1.79. The van der Waals surface area contributed by atoms with Crippen LogP contribution in [0.5, 0.6) is 0 Å². The standard InChI is InChI=1S/C20H25N3O5S3/c1-16-6-7-17(30(25,26)22-8-2-3-9-22)15-18(16)20(24)21-10-12-23(13-11-21)31(27,28)19-5-4-14-29-19/h4-7,14-15H,2-3,8-13H2,1H3. The SMILES string of the molecule is Cc1ccc(S(=O)(=O)N2CCCC2)cc1C(=O)N1CCN(S(=O)(=O)c2cccs2)CC1. The van der Waals surface area contributed by atoms with Gasteiger partial charge in [0.15, 0.2) is 0 Å². The number of hydrogen-bond donors (Lipinski definition) is 0. The van der Waals surface area contributed by atoms with E-state index in [4.69, 9.17) is 0 Å². The van der Waals surface area contributed by atoms with E-state index in [1.165, 1.54) is 26.0 Å². The van der Waals surface area contributed by atoms with E-state index in [2.05, 4.69) is 0 Å². The molecule has 2 aliphatic heterocycles. The van der Waals surface area contributed by atoms with Gasteiger partial charge in [0.25, 0.3) is 15.9 Å². The molecule has 0 radical (unpaired) electrons. The van der Waals surface area contributed by atoms with E-state index in [9.17, 15) is 21.6 Å². The van der Waals surface area contributed by atoms with Gasteiger partial charge in [0.1, 0.15) is 4.21 Å². The largest absolute Gasteiger partial charge is 0.336 e. The molecular weight excluding hydrogens is 458 g/mol. The van der Waals surface area contributed by atoms with Gasteiger partial charge in [-0.3, -0.25) is 4.79 Å². The third-order valence-electron chi connectivity index (χ3n) is 5.76. The Morgan fingerprint density at radius 3 is 2.13 bits per heavy atom. The van der Waals surface area contributed by atoms with Crippen molar-refractivity contribution in [2.45, 2.75) is 28.9 Å². The summed E-state index contributed by atoms with van der Waals surface area (Å²) in [7, 11) is -7.17. The van der Waals surface area contributed by atoms with Crippen LogP contribution >= 0.6 is 11.3 Å². The van der Waals surface area contributed by atoms with Crippen molar-refractivity contribution in [1.82, 2.24) is 13.5 Å². The summed E-state index contributed by atoms with van der Waals surface area (Å²) < 4.78 is 54.3. The highest BCUT2D eigenvalue weighted by molar-refractivity contribution is 7.91. The second-order valence-corrected chi connectivity index (χ2v) is 12.8. The second kappa shape index (κ2) is 8.62. The van der Waals surface area contributed by atoms with Crippen LogP contribution in [0, 0.1) is 6.92 Å². The highest BCUT2D eigenvalue weighted by Gasteiger charge is 2.32. The van der Waals surface area contributed by atoms with Crippen molar-refractivity contribution in [3.8, 4) is 0 Å². The Balaban J connectivity index is 1.50. The van der Waals surface area contributed by atoms with Crippen LogP contribution in [0.4, 0.5) is 0 Å². The number of hydrogen-bond acceptors (Lipinski definition) is 6. The van der Waals surface area contributed by atoms with Gasteiger partial charge >= 0.3 is 0 Å². The number of nitrogens with zero attached hydrogens (tertiary/aromatic N) is 3. The van der Waals surface area contributed by atoms with Gasteiger partial charge in [-0.05, 0) is 48.9 Å². The van der Waals surface area contributed by atoms with Gasteiger partial charge in [-0.15, -0.1) is 11.3 Å². The van der Waals surface area contributed by atoms with Crippen LogP contribution < -0.4 is 0 Å². The number of thiophene rings is 1. The van der Waals surface area contributed by atoms with E-state index in [0.717, 1.165) is 12.8 Å². The Kier molecular flexibility index (Phi) is 6.23.